The minimum Gasteiger partial charge on any atom is -0.381 e. The predicted molar refractivity (Wildman–Crippen MR) is 45.2 cm³/mol. The molecule has 0 heterocycles. The second kappa shape index (κ2) is 2.89. The summed E-state index contributed by atoms with van der Waals surface area (Å²) in [5.74, 6) is 0.678. The van der Waals surface area contributed by atoms with Crippen LogP contribution >= 0.6 is 31.9 Å². The molecule has 0 radical (unpaired) electrons. The highest BCUT2D eigenvalue weighted by atomic mass is 79.9. The molecule has 1 atom stereocenters. The van der Waals surface area contributed by atoms with Crippen LogP contribution in [-0.2, 0) is 4.74 Å². The molecule has 9 heavy (non-hydrogen) atoms. The molecule has 0 aromatic rings. The third-order valence-corrected chi connectivity index (χ3v) is 3.42. The van der Waals surface area contributed by atoms with E-state index in [0.717, 1.165) is 13.2 Å². The van der Waals surface area contributed by atoms with Crippen molar-refractivity contribution in [1.29, 1.82) is 0 Å². The minimum absolute atomic E-state index is 0.217. The summed E-state index contributed by atoms with van der Waals surface area (Å²) in [5.41, 5.74) is 0. The molecule has 0 N–H and O–H groups in total. The van der Waals surface area contributed by atoms with Gasteiger partial charge in [-0.05, 0) is 13.3 Å². The quantitative estimate of drug-likeness (QED) is 0.707. The number of hydrogen-bond donors (Lipinski definition) is 0. The molecular weight excluding hydrogens is 248 g/mol. The zero-order valence-electron chi connectivity index (χ0n) is 5.36. The van der Waals surface area contributed by atoms with Gasteiger partial charge >= 0.3 is 0 Å². The summed E-state index contributed by atoms with van der Waals surface area (Å²) in [6, 6.07) is 0. The van der Waals surface area contributed by atoms with Crippen LogP contribution in [0.1, 0.15) is 13.3 Å². The molecule has 0 amide bonds. The molecule has 1 aliphatic carbocycles. The minimum atomic E-state index is 0.217. The highest BCUT2D eigenvalue weighted by Gasteiger charge is 2.50. The summed E-state index contributed by atoms with van der Waals surface area (Å²) < 4.78 is 5.45. The fraction of sp³-hybridized carbons (Fsp3) is 1.00. The van der Waals surface area contributed by atoms with E-state index >= 15 is 0 Å². The van der Waals surface area contributed by atoms with E-state index in [-0.39, 0.29) is 3.23 Å². The summed E-state index contributed by atoms with van der Waals surface area (Å²) in [7, 11) is 0. The van der Waals surface area contributed by atoms with Crippen molar-refractivity contribution < 1.29 is 4.74 Å². The van der Waals surface area contributed by atoms with Crippen molar-refractivity contribution in [2.45, 2.75) is 16.6 Å². The van der Waals surface area contributed by atoms with Gasteiger partial charge in [0.1, 0.15) is 0 Å². The first-order chi connectivity index (χ1) is 4.17. The number of alkyl halides is 2. The summed E-state index contributed by atoms with van der Waals surface area (Å²) in [5, 5.41) is 0. The standard InChI is InChI=1S/C6H10Br2O/c1-2-9-4-5-3-6(5,7)8/h5H,2-4H2,1H3. The maximum atomic E-state index is 5.23. The molecule has 1 nitrogen and oxygen atoms in total. The van der Waals surface area contributed by atoms with Crippen LogP contribution in [0.5, 0.6) is 0 Å². The predicted octanol–water partition coefficient (Wildman–Crippen LogP) is 2.53. The van der Waals surface area contributed by atoms with E-state index in [1.165, 1.54) is 6.42 Å². The van der Waals surface area contributed by atoms with Gasteiger partial charge in [0.2, 0.25) is 0 Å². The lowest BCUT2D eigenvalue weighted by Gasteiger charge is -1.99. The fourth-order valence-electron chi connectivity index (χ4n) is 0.711. The Kier molecular flexibility index (Phi) is 2.57. The zero-order valence-corrected chi connectivity index (χ0v) is 8.53. The van der Waals surface area contributed by atoms with Crippen molar-refractivity contribution in [1.82, 2.24) is 0 Å². The topological polar surface area (TPSA) is 9.23 Å². The molecule has 1 rings (SSSR count). The van der Waals surface area contributed by atoms with Gasteiger partial charge in [0, 0.05) is 12.5 Å². The molecule has 0 aliphatic heterocycles. The number of rotatable bonds is 3. The van der Waals surface area contributed by atoms with E-state index in [1.807, 2.05) is 6.92 Å². The fourth-order valence-corrected chi connectivity index (χ4v) is 1.76. The van der Waals surface area contributed by atoms with Gasteiger partial charge < -0.3 is 4.74 Å². The second-order valence-corrected chi connectivity index (χ2v) is 6.22. The SMILES string of the molecule is CCOCC1CC1(Br)Br. The van der Waals surface area contributed by atoms with Crippen LogP contribution < -0.4 is 0 Å². The maximum Gasteiger partial charge on any atom is 0.0860 e. The monoisotopic (exact) mass is 256 g/mol. The zero-order chi connectivity index (χ0) is 6.91. The summed E-state index contributed by atoms with van der Waals surface area (Å²) >= 11 is 7.04. The van der Waals surface area contributed by atoms with Crippen molar-refractivity contribution in [3.05, 3.63) is 0 Å². The molecule has 1 aliphatic rings. The van der Waals surface area contributed by atoms with Crippen molar-refractivity contribution >= 4 is 31.9 Å². The Labute approximate surface area is 72.4 Å². The van der Waals surface area contributed by atoms with Gasteiger partial charge in [-0.15, -0.1) is 0 Å². The average molecular weight is 258 g/mol. The van der Waals surface area contributed by atoms with E-state index in [1.54, 1.807) is 0 Å². The normalized spacial score (nSPS) is 30.3. The first-order valence-electron chi connectivity index (χ1n) is 3.12. The molecule has 0 aromatic heterocycles. The van der Waals surface area contributed by atoms with Crippen molar-refractivity contribution in [2.24, 2.45) is 5.92 Å². The van der Waals surface area contributed by atoms with Crippen molar-refractivity contribution in [2.75, 3.05) is 13.2 Å². The lowest BCUT2D eigenvalue weighted by molar-refractivity contribution is 0.137. The Hall–Kier alpha value is 0.920. The van der Waals surface area contributed by atoms with Crippen LogP contribution in [0, 0.1) is 5.92 Å². The average Bonchev–Trinajstić information content (AvgIpc) is 2.35. The van der Waals surface area contributed by atoms with E-state index in [2.05, 4.69) is 31.9 Å². The molecule has 1 fully saturated rings. The summed E-state index contributed by atoms with van der Waals surface area (Å²) in [6.45, 7) is 3.73. The molecule has 0 aromatic carbocycles. The largest absolute Gasteiger partial charge is 0.381 e. The van der Waals surface area contributed by atoms with Crippen LogP contribution in [0.2, 0.25) is 0 Å². The van der Waals surface area contributed by atoms with Crippen LogP contribution in [0.3, 0.4) is 0 Å². The molecular formula is C6H10Br2O. The van der Waals surface area contributed by atoms with Gasteiger partial charge in [0.15, 0.2) is 0 Å². The first kappa shape index (κ1) is 8.02. The molecule has 1 saturated carbocycles. The van der Waals surface area contributed by atoms with Crippen molar-refractivity contribution in [3.63, 3.8) is 0 Å². The van der Waals surface area contributed by atoms with Crippen LogP contribution in [0.25, 0.3) is 0 Å². The van der Waals surface area contributed by atoms with E-state index in [0.29, 0.717) is 5.92 Å². The number of hydrogen-bond acceptors (Lipinski definition) is 1. The summed E-state index contributed by atoms with van der Waals surface area (Å²) in [4.78, 5) is 0. The Morgan fingerprint density at radius 2 is 2.22 bits per heavy atom. The highest BCUT2D eigenvalue weighted by molar-refractivity contribution is 9.25. The van der Waals surface area contributed by atoms with E-state index < -0.39 is 0 Å². The van der Waals surface area contributed by atoms with Gasteiger partial charge in [-0.2, -0.15) is 0 Å². The van der Waals surface area contributed by atoms with Gasteiger partial charge in [0.25, 0.3) is 0 Å². The summed E-state index contributed by atoms with van der Waals surface area (Å²) in [6.07, 6.45) is 1.19. The lowest BCUT2D eigenvalue weighted by atomic mass is 10.5. The molecule has 54 valence electrons. The van der Waals surface area contributed by atoms with Crippen molar-refractivity contribution in [3.8, 4) is 0 Å². The van der Waals surface area contributed by atoms with Crippen LogP contribution in [0.15, 0.2) is 0 Å². The molecule has 0 spiro atoms. The molecule has 0 saturated heterocycles. The molecule has 3 heteroatoms. The van der Waals surface area contributed by atoms with E-state index in [9.17, 15) is 0 Å². The Morgan fingerprint density at radius 3 is 2.56 bits per heavy atom. The lowest BCUT2D eigenvalue weighted by Crippen LogP contribution is -1.99. The molecule has 0 bridgehead atoms. The van der Waals surface area contributed by atoms with Gasteiger partial charge in [0.05, 0.1) is 9.84 Å². The Morgan fingerprint density at radius 1 is 1.67 bits per heavy atom. The van der Waals surface area contributed by atoms with Crippen LogP contribution in [-0.4, -0.2) is 16.4 Å². The van der Waals surface area contributed by atoms with Gasteiger partial charge in [-0.3, -0.25) is 0 Å². The van der Waals surface area contributed by atoms with Gasteiger partial charge in [-0.1, -0.05) is 31.9 Å². The Balaban J connectivity index is 2.06. The highest BCUT2D eigenvalue weighted by Crippen LogP contribution is 2.56. The van der Waals surface area contributed by atoms with Gasteiger partial charge in [-0.25, -0.2) is 0 Å². The number of halogens is 2. The van der Waals surface area contributed by atoms with Crippen LogP contribution in [0.4, 0.5) is 0 Å². The molecule has 1 unspecified atom stereocenters. The Bertz CT molecular complexity index is 103. The smallest absolute Gasteiger partial charge is 0.0860 e. The number of ether oxygens (including phenoxy) is 1. The third-order valence-electron chi connectivity index (χ3n) is 1.48. The second-order valence-electron chi connectivity index (χ2n) is 2.32. The third kappa shape index (κ3) is 2.20. The first-order valence-corrected chi connectivity index (χ1v) is 4.71. The van der Waals surface area contributed by atoms with E-state index in [4.69, 9.17) is 4.74 Å². The maximum absolute atomic E-state index is 5.23.